The van der Waals surface area contributed by atoms with Crippen LogP contribution in [0.1, 0.15) is 15.9 Å². The van der Waals surface area contributed by atoms with Gasteiger partial charge >= 0.3 is 0 Å². The number of morpholine rings is 1. The lowest BCUT2D eigenvalue weighted by atomic mass is 10.1. The van der Waals surface area contributed by atoms with Crippen molar-refractivity contribution in [1.82, 2.24) is 9.80 Å². The van der Waals surface area contributed by atoms with Crippen LogP contribution < -0.4 is 10.2 Å². The summed E-state index contributed by atoms with van der Waals surface area (Å²) in [5.74, 6) is -0.0738. The lowest BCUT2D eigenvalue weighted by molar-refractivity contribution is 0.102. The minimum atomic E-state index is -0.0738. The molecule has 2 aromatic rings. The second-order valence-corrected chi connectivity index (χ2v) is 7.88. The number of nitrogens with one attached hydrogen (secondary N) is 1. The Morgan fingerprint density at radius 2 is 1.69 bits per heavy atom. The van der Waals surface area contributed by atoms with Crippen molar-refractivity contribution in [2.45, 2.75) is 6.54 Å². The van der Waals surface area contributed by atoms with Gasteiger partial charge in [0.05, 0.1) is 13.2 Å². The number of carbonyl (C=O) groups excluding carboxylic acids is 1. The molecule has 0 radical (unpaired) electrons. The molecular formula is C23H30N4O2. The van der Waals surface area contributed by atoms with Gasteiger partial charge in [-0.1, -0.05) is 12.1 Å². The zero-order valence-corrected chi connectivity index (χ0v) is 17.1. The standard InChI is InChI=1S/C23H30N4O2/c1-25-9-11-26(12-10-25)18-19-3-2-4-21(17-19)24-23(28)20-5-7-22(8-6-20)27-13-15-29-16-14-27/h2-8,17H,9-16,18H2,1H3,(H,24,28). The Morgan fingerprint density at radius 1 is 0.966 bits per heavy atom. The Balaban J connectivity index is 1.35. The molecule has 2 aliphatic heterocycles. The van der Waals surface area contributed by atoms with Crippen LogP contribution in [0.4, 0.5) is 11.4 Å². The van der Waals surface area contributed by atoms with Gasteiger partial charge in [-0.3, -0.25) is 9.69 Å². The van der Waals surface area contributed by atoms with Crippen molar-refractivity contribution < 1.29 is 9.53 Å². The summed E-state index contributed by atoms with van der Waals surface area (Å²) in [4.78, 5) is 19.8. The molecule has 2 saturated heterocycles. The van der Waals surface area contributed by atoms with Crippen LogP contribution in [0.2, 0.25) is 0 Å². The van der Waals surface area contributed by atoms with E-state index in [1.807, 2.05) is 36.4 Å². The molecule has 2 heterocycles. The number of rotatable bonds is 5. The van der Waals surface area contributed by atoms with Gasteiger partial charge in [-0.2, -0.15) is 0 Å². The zero-order valence-electron chi connectivity index (χ0n) is 17.1. The highest BCUT2D eigenvalue weighted by atomic mass is 16.5. The summed E-state index contributed by atoms with van der Waals surface area (Å²) in [5, 5.41) is 3.04. The maximum atomic E-state index is 12.7. The first-order chi connectivity index (χ1) is 14.2. The predicted octanol–water partition coefficient (Wildman–Crippen LogP) is 2.52. The van der Waals surface area contributed by atoms with Crippen molar-refractivity contribution in [1.29, 1.82) is 0 Å². The van der Waals surface area contributed by atoms with Gasteiger partial charge in [0.25, 0.3) is 5.91 Å². The molecule has 2 aromatic carbocycles. The molecule has 0 unspecified atom stereocenters. The van der Waals surface area contributed by atoms with Gasteiger partial charge in [0.1, 0.15) is 0 Å². The number of likely N-dealkylation sites (N-methyl/N-ethyl adjacent to an activating group) is 1. The first-order valence-electron chi connectivity index (χ1n) is 10.4. The van der Waals surface area contributed by atoms with Gasteiger partial charge in [-0.25, -0.2) is 0 Å². The predicted molar refractivity (Wildman–Crippen MR) is 117 cm³/mol. The fraction of sp³-hybridized carbons (Fsp3) is 0.435. The van der Waals surface area contributed by atoms with E-state index in [9.17, 15) is 4.79 Å². The number of anilines is 2. The largest absolute Gasteiger partial charge is 0.378 e. The molecule has 0 spiro atoms. The van der Waals surface area contributed by atoms with Crippen molar-refractivity contribution in [3.8, 4) is 0 Å². The molecule has 29 heavy (non-hydrogen) atoms. The zero-order chi connectivity index (χ0) is 20.1. The monoisotopic (exact) mass is 394 g/mol. The van der Waals surface area contributed by atoms with Crippen LogP contribution in [0.25, 0.3) is 0 Å². The van der Waals surface area contributed by atoms with Crippen molar-refractivity contribution >= 4 is 17.3 Å². The van der Waals surface area contributed by atoms with E-state index in [1.165, 1.54) is 5.56 Å². The van der Waals surface area contributed by atoms with Crippen molar-refractivity contribution in [2.75, 3.05) is 69.7 Å². The number of amides is 1. The van der Waals surface area contributed by atoms with E-state index in [0.717, 1.165) is 70.4 Å². The molecule has 0 saturated carbocycles. The second-order valence-electron chi connectivity index (χ2n) is 7.88. The number of hydrogen-bond acceptors (Lipinski definition) is 5. The van der Waals surface area contributed by atoms with E-state index in [-0.39, 0.29) is 5.91 Å². The van der Waals surface area contributed by atoms with Gasteiger partial charge in [-0.15, -0.1) is 0 Å². The number of ether oxygens (including phenoxy) is 1. The van der Waals surface area contributed by atoms with E-state index >= 15 is 0 Å². The fourth-order valence-corrected chi connectivity index (χ4v) is 3.86. The van der Waals surface area contributed by atoms with E-state index in [2.05, 4.69) is 39.2 Å². The number of benzene rings is 2. The quantitative estimate of drug-likeness (QED) is 0.845. The molecule has 0 bridgehead atoms. The highest BCUT2D eigenvalue weighted by Gasteiger charge is 2.15. The normalized spacial score (nSPS) is 18.6. The third-order valence-corrected chi connectivity index (χ3v) is 5.69. The van der Waals surface area contributed by atoms with E-state index < -0.39 is 0 Å². The molecule has 1 N–H and O–H groups in total. The first-order valence-corrected chi connectivity index (χ1v) is 10.4. The number of piperazine rings is 1. The SMILES string of the molecule is CN1CCN(Cc2cccc(NC(=O)c3ccc(N4CCOCC4)cc3)c2)CC1. The third kappa shape index (κ3) is 5.35. The molecule has 0 aromatic heterocycles. The number of hydrogen-bond donors (Lipinski definition) is 1. The van der Waals surface area contributed by atoms with Crippen LogP contribution in [0.15, 0.2) is 48.5 Å². The smallest absolute Gasteiger partial charge is 0.255 e. The molecule has 2 fully saturated rings. The number of carbonyl (C=O) groups is 1. The van der Waals surface area contributed by atoms with Crippen molar-refractivity contribution in [3.63, 3.8) is 0 Å². The first kappa shape index (κ1) is 19.9. The van der Waals surface area contributed by atoms with Gasteiger partial charge in [-0.05, 0) is 49.0 Å². The Labute approximate surface area is 173 Å². The molecule has 0 aliphatic carbocycles. The minimum absolute atomic E-state index is 0.0738. The maximum absolute atomic E-state index is 12.7. The summed E-state index contributed by atoms with van der Waals surface area (Å²) in [6, 6.07) is 16.0. The Morgan fingerprint density at radius 3 is 2.41 bits per heavy atom. The second kappa shape index (κ2) is 9.39. The average molecular weight is 395 g/mol. The Hall–Kier alpha value is -2.41. The summed E-state index contributed by atoms with van der Waals surface area (Å²) >= 11 is 0. The molecule has 6 heteroatoms. The Bertz CT molecular complexity index is 810. The molecule has 6 nitrogen and oxygen atoms in total. The van der Waals surface area contributed by atoms with E-state index in [4.69, 9.17) is 4.74 Å². The van der Waals surface area contributed by atoms with Crippen LogP contribution in [0, 0.1) is 0 Å². The molecule has 0 atom stereocenters. The minimum Gasteiger partial charge on any atom is -0.378 e. The lowest BCUT2D eigenvalue weighted by Crippen LogP contribution is -2.43. The van der Waals surface area contributed by atoms with Gasteiger partial charge in [0.15, 0.2) is 0 Å². The highest BCUT2D eigenvalue weighted by Crippen LogP contribution is 2.19. The van der Waals surface area contributed by atoms with Gasteiger partial charge in [0.2, 0.25) is 0 Å². The van der Waals surface area contributed by atoms with Crippen LogP contribution in [0.3, 0.4) is 0 Å². The summed E-state index contributed by atoms with van der Waals surface area (Å²) < 4.78 is 5.40. The van der Waals surface area contributed by atoms with Crippen molar-refractivity contribution in [2.24, 2.45) is 0 Å². The molecule has 1 amide bonds. The summed E-state index contributed by atoms with van der Waals surface area (Å²) in [5.41, 5.74) is 3.89. The maximum Gasteiger partial charge on any atom is 0.255 e. The fourth-order valence-electron chi connectivity index (χ4n) is 3.86. The number of nitrogens with zero attached hydrogens (tertiary/aromatic N) is 3. The van der Waals surface area contributed by atoms with Crippen LogP contribution >= 0.6 is 0 Å². The van der Waals surface area contributed by atoms with Crippen molar-refractivity contribution in [3.05, 3.63) is 59.7 Å². The molecule has 154 valence electrons. The van der Waals surface area contributed by atoms with Crippen LogP contribution in [0.5, 0.6) is 0 Å². The lowest BCUT2D eigenvalue weighted by Gasteiger charge is -2.32. The third-order valence-electron chi connectivity index (χ3n) is 5.69. The van der Waals surface area contributed by atoms with Crippen LogP contribution in [-0.2, 0) is 11.3 Å². The molecule has 4 rings (SSSR count). The van der Waals surface area contributed by atoms with Gasteiger partial charge in [0, 0.05) is 62.8 Å². The van der Waals surface area contributed by atoms with E-state index in [0.29, 0.717) is 5.56 Å². The van der Waals surface area contributed by atoms with Gasteiger partial charge < -0.3 is 19.9 Å². The Kier molecular flexibility index (Phi) is 6.44. The van der Waals surface area contributed by atoms with Crippen LogP contribution in [-0.4, -0.2) is 75.2 Å². The highest BCUT2D eigenvalue weighted by molar-refractivity contribution is 6.04. The topological polar surface area (TPSA) is 48.0 Å². The molecular weight excluding hydrogens is 364 g/mol. The summed E-state index contributed by atoms with van der Waals surface area (Å²) in [7, 11) is 2.17. The summed E-state index contributed by atoms with van der Waals surface area (Å²) in [6.45, 7) is 8.61. The van der Waals surface area contributed by atoms with E-state index in [1.54, 1.807) is 0 Å². The average Bonchev–Trinajstić information content (AvgIpc) is 2.76. The summed E-state index contributed by atoms with van der Waals surface area (Å²) in [6.07, 6.45) is 0. The molecule has 2 aliphatic rings.